The second-order valence-corrected chi connectivity index (χ2v) is 6.16. The molecular formula is C15H14BrF2NO. The first-order valence-electron chi connectivity index (χ1n) is 6.62. The number of hydrogen-bond donors (Lipinski definition) is 0. The summed E-state index contributed by atoms with van der Waals surface area (Å²) in [5.41, 5.74) is 2.43. The highest BCUT2D eigenvalue weighted by atomic mass is 79.9. The highest BCUT2D eigenvalue weighted by Gasteiger charge is 2.33. The highest BCUT2D eigenvalue weighted by molar-refractivity contribution is 9.10. The molecule has 0 saturated heterocycles. The molecule has 0 radical (unpaired) electrons. The molecule has 0 unspecified atom stereocenters. The van der Waals surface area contributed by atoms with Gasteiger partial charge in [0.25, 0.3) is 0 Å². The average molecular weight is 342 g/mol. The van der Waals surface area contributed by atoms with Crippen molar-refractivity contribution in [2.24, 2.45) is 5.92 Å². The second kappa shape index (κ2) is 5.28. The summed E-state index contributed by atoms with van der Waals surface area (Å²) in [6, 6.07) is 3.83. The molecule has 5 heteroatoms. The van der Waals surface area contributed by atoms with Crippen LogP contribution >= 0.6 is 15.9 Å². The van der Waals surface area contributed by atoms with Crippen LogP contribution in [0.3, 0.4) is 0 Å². The Labute approximate surface area is 124 Å². The van der Waals surface area contributed by atoms with Gasteiger partial charge in [-0.2, -0.15) is 0 Å². The number of fused-ring (bicyclic) bond motifs is 1. The van der Waals surface area contributed by atoms with E-state index in [1.165, 1.54) is 6.39 Å². The van der Waals surface area contributed by atoms with E-state index in [2.05, 4.69) is 20.9 Å². The molecule has 0 aliphatic heterocycles. The van der Waals surface area contributed by atoms with Crippen LogP contribution in [0.4, 0.5) is 8.78 Å². The van der Waals surface area contributed by atoms with Gasteiger partial charge in [-0.1, -0.05) is 28.1 Å². The van der Waals surface area contributed by atoms with Crippen LogP contribution in [0.5, 0.6) is 0 Å². The van der Waals surface area contributed by atoms with Gasteiger partial charge in [0.05, 0.1) is 0 Å². The normalized spacial score (nSPS) is 19.9. The largest absolute Gasteiger partial charge is 0.443 e. The zero-order chi connectivity index (χ0) is 14.2. The summed E-state index contributed by atoms with van der Waals surface area (Å²) in [6.07, 6.45) is 6.42. The summed E-state index contributed by atoms with van der Waals surface area (Å²) in [4.78, 5) is 4.12. The third-order valence-corrected chi connectivity index (χ3v) is 4.19. The summed E-state index contributed by atoms with van der Waals surface area (Å²) in [5, 5.41) is 0. The number of rotatable bonds is 2. The molecule has 1 aliphatic carbocycles. The van der Waals surface area contributed by atoms with Crippen LogP contribution in [0.1, 0.15) is 31.2 Å². The van der Waals surface area contributed by atoms with Crippen LogP contribution in [0.15, 0.2) is 33.5 Å². The summed E-state index contributed by atoms with van der Waals surface area (Å²) >= 11 is 3.43. The third-order valence-electron chi connectivity index (χ3n) is 3.73. The van der Waals surface area contributed by atoms with Crippen molar-refractivity contribution in [3.63, 3.8) is 0 Å². The van der Waals surface area contributed by atoms with E-state index in [0.717, 1.165) is 21.1 Å². The van der Waals surface area contributed by atoms with E-state index in [0.29, 0.717) is 12.8 Å². The Morgan fingerprint density at radius 2 is 2.05 bits per heavy atom. The van der Waals surface area contributed by atoms with E-state index < -0.39 is 5.92 Å². The lowest BCUT2D eigenvalue weighted by atomic mass is 9.86. The fourth-order valence-electron chi connectivity index (χ4n) is 2.58. The zero-order valence-electron chi connectivity index (χ0n) is 10.8. The average Bonchev–Trinajstić information content (AvgIpc) is 2.85. The lowest BCUT2D eigenvalue weighted by Gasteiger charge is -2.26. The molecule has 2 aromatic rings. The van der Waals surface area contributed by atoms with E-state index in [4.69, 9.17) is 4.42 Å². The molecule has 0 spiro atoms. The number of alkyl halides is 2. The molecule has 2 nitrogen and oxygen atoms in total. The van der Waals surface area contributed by atoms with Gasteiger partial charge in [0.2, 0.25) is 5.92 Å². The monoisotopic (exact) mass is 341 g/mol. The molecule has 0 amide bonds. The first kappa shape index (κ1) is 13.7. The van der Waals surface area contributed by atoms with Gasteiger partial charge in [-0.15, -0.1) is 0 Å². The van der Waals surface area contributed by atoms with E-state index in [1.54, 1.807) is 0 Å². The second-order valence-electron chi connectivity index (χ2n) is 5.25. The van der Waals surface area contributed by atoms with Gasteiger partial charge in [-0.05, 0) is 30.9 Å². The highest BCUT2D eigenvalue weighted by Crippen LogP contribution is 2.37. The quantitative estimate of drug-likeness (QED) is 0.727. The molecule has 106 valence electrons. The van der Waals surface area contributed by atoms with Crippen molar-refractivity contribution in [1.82, 2.24) is 4.98 Å². The number of halogens is 3. The Bertz CT molecular complexity index is 640. The maximum atomic E-state index is 13.1. The van der Waals surface area contributed by atoms with Crippen molar-refractivity contribution in [2.75, 3.05) is 0 Å². The van der Waals surface area contributed by atoms with E-state index >= 15 is 0 Å². The number of allylic oxidation sites excluding steroid dienone is 1. The van der Waals surface area contributed by atoms with E-state index in [9.17, 15) is 8.78 Å². The van der Waals surface area contributed by atoms with E-state index in [1.807, 2.05) is 24.3 Å². The fraction of sp³-hybridized carbons (Fsp3) is 0.400. The number of aromatic nitrogens is 1. The number of oxazole rings is 1. The number of hydrogen-bond acceptors (Lipinski definition) is 2. The van der Waals surface area contributed by atoms with Crippen molar-refractivity contribution in [3.05, 3.63) is 34.6 Å². The van der Waals surface area contributed by atoms with Crippen LogP contribution in [-0.4, -0.2) is 10.9 Å². The molecule has 1 saturated carbocycles. The Kier molecular flexibility index (Phi) is 3.63. The predicted molar refractivity (Wildman–Crippen MR) is 77.6 cm³/mol. The molecule has 1 heterocycles. The SMILES string of the molecule is FC1(F)CCC(/C=C/c2cc(Br)cc3ncoc23)CC1. The number of benzene rings is 1. The van der Waals surface area contributed by atoms with Gasteiger partial charge >= 0.3 is 0 Å². The summed E-state index contributed by atoms with van der Waals surface area (Å²) in [7, 11) is 0. The molecule has 1 aromatic carbocycles. The zero-order valence-corrected chi connectivity index (χ0v) is 12.4. The van der Waals surface area contributed by atoms with Crippen LogP contribution in [0.25, 0.3) is 17.2 Å². The lowest BCUT2D eigenvalue weighted by molar-refractivity contribution is -0.0410. The maximum absolute atomic E-state index is 13.1. The minimum absolute atomic E-state index is 0.0157. The van der Waals surface area contributed by atoms with Gasteiger partial charge in [-0.25, -0.2) is 13.8 Å². The molecular weight excluding hydrogens is 328 g/mol. The van der Waals surface area contributed by atoms with Crippen LogP contribution in [0, 0.1) is 5.92 Å². The van der Waals surface area contributed by atoms with Crippen LogP contribution in [-0.2, 0) is 0 Å². The Morgan fingerprint density at radius 3 is 2.80 bits per heavy atom. The topological polar surface area (TPSA) is 26.0 Å². The van der Waals surface area contributed by atoms with E-state index in [-0.39, 0.29) is 18.8 Å². The minimum atomic E-state index is -2.47. The van der Waals surface area contributed by atoms with Crippen molar-refractivity contribution in [2.45, 2.75) is 31.6 Å². The number of nitrogens with zero attached hydrogens (tertiary/aromatic N) is 1. The smallest absolute Gasteiger partial charge is 0.248 e. The molecule has 3 rings (SSSR count). The summed E-state index contributed by atoms with van der Waals surface area (Å²) < 4.78 is 32.5. The molecule has 1 aromatic heterocycles. The molecule has 0 bridgehead atoms. The Hall–Kier alpha value is -1.23. The van der Waals surface area contributed by atoms with Crippen molar-refractivity contribution in [1.29, 1.82) is 0 Å². The summed E-state index contributed by atoms with van der Waals surface area (Å²) in [6.45, 7) is 0. The molecule has 20 heavy (non-hydrogen) atoms. The van der Waals surface area contributed by atoms with Crippen molar-refractivity contribution in [3.8, 4) is 0 Å². The standard InChI is InChI=1S/C15H14BrF2NO/c16-12-7-11(14-13(8-12)19-9-20-14)2-1-10-3-5-15(17,18)6-4-10/h1-2,7-10H,3-6H2/b2-1+. The third kappa shape index (κ3) is 2.92. The van der Waals surface area contributed by atoms with Gasteiger partial charge in [0.15, 0.2) is 12.0 Å². The van der Waals surface area contributed by atoms with Gasteiger partial charge in [0.1, 0.15) is 5.52 Å². The molecule has 1 aliphatic rings. The lowest BCUT2D eigenvalue weighted by Crippen LogP contribution is -2.23. The molecule has 1 fully saturated rings. The first-order chi connectivity index (χ1) is 9.53. The van der Waals surface area contributed by atoms with Gasteiger partial charge in [-0.3, -0.25) is 0 Å². The fourth-order valence-corrected chi connectivity index (χ4v) is 3.04. The van der Waals surface area contributed by atoms with Crippen LogP contribution < -0.4 is 0 Å². The minimum Gasteiger partial charge on any atom is -0.443 e. The molecule has 0 N–H and O–H groups in total. The van der Waals surface area contributed by atoms with Crippen LogP contribution in [0.2, 0.25) is 0 Å². The van der Waals surface area contributed by atoms with Crippen molar-refractivity contribution >= 4 is 33.1 Å². The van der Waals surface area contributed by atoms with Gasteiger partial charge < -0.3 is 4.42 Å². The first-order valence-corrected chi connectivity index (χ1v) is 7.42. The molecule has 0 atom stereocenters. The predicted octanol–water partition coefficient (Wildman–Crippen LogP) is 5.43. The van der Waals surface area contributed by atoms with Gasteiger partial charge in [0, 0.05) is 22.9 Å². The summed E-state index contributed by atoms with van der Waals surface area (Å²) in [5.74, 6) is -2.26. The van der Waals surface area contributed by atoms with Crippen molar-refractivity contribution < 1.29 is 13.2 Å². The Balaban J connectivity index is 1.79. The maximum Gasteiger partial charge on any atom is 0.248 e. The Morgan fingerprint density at radius 1 is 1.30 bits per heavy atom.